The number of nitrogens with one attached hydrogen (secondary N) is 2. The van der Waals surface area contributed by atoms with Gasteiger partial charge in [-0.3, -0.25) is 9.59 Å². The number of ether oxygens (including phenoxy) is 1. The summed E-state index contributed by atoms with van der Waals surface area (Å²) >= 11 is 0. The lowest BCUT2D eigenvalue weighted by Crippen LogP contribution is -2.44. The first-order valence-electron chi connectivity index (χ1n) is 10.7. The third-order valence-corrected chi connectivity index (χ3v) is 5.10. The van der Waals surface area contributed by atoms with Gasteiger partial charge in [0.1, 0.15) is 5.60 Å². The van der Waals surface area contributed by atoms with E-state index in [2.05, 4.69) is 41.8 Å². The first-order chi connectivity index (χ1) is 14.1. The second-order valence-corrected chi connectivity index (χ2v) is 8.97. The maximum atomic E-state index is 12.5. The van der Waals surface area contributed by atoms with E-state index >= 15 is 0 Å². The summed E-state index contributed by atoms with van der Waals surface area (Å²) in [6.07, 6.45) is 2.43. The van der Waals surface area contributed by atoms with Gasteiger partial charge in [0.2, 0.25) is 11.8 Å². The number of likely N-dealkylation sites (tertiary alicyclic amines) is 1. The molecule has 7 heteroatoms. The van der Waals surface area contributed by atoms with E-state index in [1.807, 2.05) is 4.90 Å². The molecule has 1 saturated heterocycles. The van der Waals surface area contributed by atoms with Crippen LogP contribution in [0.3, 0.4) is 0 Å². The van der Waals surface area contributed by atoms with Crippen LogP contribution in [0.2, 0.25) is 0 Å². The molecule has 0 saturated carbocycles. The zero-order chi connectivity index (χ0) is 22.1. The molecule has 2 rings (SSSR count). The van der Waals surface area contributed by atoms with Crippen LogP contribution in [-0.4, -0.2) is 54.6 Å². The number of alkyl carbamates (subject to hydrolysis) is 1. The largest absolute Gasteiger partial charge is 0.444 e. The van der Waals surface area contributed by atoms with Gasteiger partial charge in [-0.1, -0.05) is 29.8 Å². The van der Waals surface area contributed by atoms with Crippen molar-refractivity contribution in [3.8, 4) is 0 Å². The summed E-state index contributed by atoms with van der Waals surface area (Å²) < 4.78 is 5.10. The van der Waals surface area contributed by atoms with Crippen LogP contribution in [0.15, 0.2) is 24.3 Å². The molecule has 0 bridgehead atoms. The van der Waals surface area contributed by atoms with E-state index in [0.29, 0.717) is 18.9 Å². The van der Waals surface area contributed by atoms with Gasteiger partial charge in [-0.25, -0.2) is 4.79 Å². The monoisotopic (exact) mass is 417 g/mol. The second-order valence-electron chi connectivity index (χ2n) is 8.97. The van der Waals surface area contributed by atoms with Crippen LogP contribution in [0.25, 0.3) is 0 Å². The van der Waals surface area contributed by atoms with Gasteiger partial charge in [0.15, 0.2) is 0 Å². The van der Waals surface area contributed by atoms with Gasteiger partial charge in [0.25, 0.3) is 0 Å². The fourth-order valence-electron chi connectivity index (χ4n) is 3.34. The number of carbonyl (C=O) groups excluding carboxylic acids is 3. The molecule has 30 heavy (non-hydrogen) atoms. The van der Waals surface area contributed by atoms with Crippen molar-refractivity contribution in [1.29, 1.82) is 0 Å². The van der Waals surface area contributed by atoms with Crippen molar-refractivity contribution in [3.63, 3.8) is 0 Å². The molecule has 3 amide bonds. The minimum absolute atomic E-state index is 0.106. The molecule has 1 aliphatic rings. The highest BCUT2D eigenvalue weighted by molar-refractivity contribution is 5.82. The summed E-state index contributed by atoms with van der Waals surface area (Å²) in [5.74, 6) is 0.300. The van der Waals surface area contributed by atoms with E-state index in [1.54, 1.807) is 20.8 Å². The van der Waals surface area contributed by atoms with Crippen LogP contribution in [-0.2, 0) is 20.7 Å². The maximum absolute atomic E-state index is 12.5. The Morgan fingerprint density at radius 3 is 2.30 bits per heavy atom. The Morgan fingerprint density at radius 1 is 1.07 bits per heavy atom. The van der Waals surface area contributed by atoms with Crippen LogP contribution in [0, 0.1) is 12.8 Å². The summed E-state index contributed by atoms with van der Waals surface area (Å²) in [6, 6.07) is 8.30. The zero-order valence-electron chi connectivity index (χ0n) is 18.6. The minimum atomic E-state index is -0.602. The van der Waals surface area contributed by atoms with E-state index in [1.165, 1.54) is 11.1 Å². The van der Waals surface area contributed by atoms with Gasteiger partial charge in [0, 0.05) is 26.1 Å². The predicted molar refractivity (Wildman–Crippen MR) is 116 cm³/mol. The van der Waals surface area contributed by atoms with Crippen molar-refractivity contribution in [1.82, 2.24) is 15.5 Å². The van der Waals surface area contributed by atoms with Crippen molar-refractivity contribution in [2.24, 2.45) is 5.92 Å². The van der Waals surface area contributed by atoms with E-state index in [0.717, 1.165) is 32.4 Å². The highest BCUT2D eigenvalue weighted by Gasteiger charge is 2.23. The Hall–Kier alpha value is -2.57. The molecule has 1 aliphatic heterocycles. The van der Waals surface area contributed by atoms with Crippen molar-refractivity contribution >= 4 is 17.9 Å². The van der Waals surface area contributed by atoms with Crippen molar-refractivity contribution < 1.29 is 19.1 Å². The average Bonchev–Trinajstić information content (AvgIpc) is 2.69. The Kier molecular flexibility index (Phi) is 8.69. The van der Waals surface area contributed by atoms with Gasteiger partial charge in [-0.05, 0) is 58.4 Å². The summed E-state index contributed by atoms with van der Waals surface area (Å²) in [4.78, 5) is 37.9. The third kappa shape index (κ3) is 8.84. The minimum Gasteiger partial charge on any atom is -0.444 e. The molecule has 0 aromatic heterocycles. The Labute approximate surface area is 179 Å². The van der Waals surface area contributed by atoms with Crippen molar-refractivity contribution in [2.45, 2.75) is 59.0 Å². The van der Waals surface area contributed by atoms with Crippen LogP contribution < -0.4 is 10.6 Å². The molecule has 7 nitrogen and oxygen atoms in total. The molecule has 1 heterocycles. The molecular weight excluding hydrogens is 382 g/mol. The van der Waals surface area contributed by atoms with E-state index in [9.17, 15) is 14.4 Å². The first kappa shape index (κ1) is 23.7. The maximum Gasteiger partial charge on any atom is 0.408 e. The Bertz CT molecular complexity index is 717. The van der Waals surface area contributed by atoms with Crippen LogP contribution >= 0.6 is 0 Å². The first-order valence-corrected chi connectivity index (χ1v) is 10.7. The standard InChI is InChI=1S/C23H35N3O4/c1-17-5-7-18(8-6-17)9-10-21(28)26-13-11-19(12-14-26)15-24-20(27)16-25-22(29)30-23(2,3)4/h5-8,19H,9-16H2,1-4H3,(H,24,27)(H,25,29). The van der Waals surface area contributed by atoms with Gasteiger partial charge in [0.05, 0.1) is 6.54 Å². The smallest absolute Gasteiger partial charge is 0.408 e. The number of nitrogens with zero attached hydrogens (tertiary/aromatic N) is 1. The number of piperidine rings is 1. The normalized spacial score (nSPS) is 14.9. The molecule has 2 N–H and O–H groups in total. The van der Waals surface area contributed by atoms with Gasteiger partial charge in [-0.15, -0.1) is 0 Å². The molecule has 1 aromatic rings. The average molecular weight is 418 g/mol. The highest BCUT2D eigenvalue weighted by atomic mass is 16.6. The number of hydrogen-bond donors (Lipinski definition) is 2. The number of benzene rings is 1. The molecule has 0 aliphatic carbocycles. The molecule has 0 radical (unpaired) electrons. The van der Waals surface area contributed by atoms with Gasteiger partial charge < -0.3 is 20.3 Å². The zero-order valence-corrected chi connectivity index (χ0v) is 18.6. The molecule has 0 atom stereocenters. The van der Waals surface area contributed by atoms with E-state index in [-0.39, 0.29) is 18.4 Å². The predicted octanol–water partition coefficient (Wildman–Crippen LogP) is 2.81. The third-order valence-electron chi connectivity index (χ3n) is 5.10. The second kappa shape index (κ2) is 11.0. The summed E-state index contributed by atoms with van der Waals surface area (Å²) in [6.45, 7) is 9.27. The lowest BCUT2D eigenvalue weighted by molar-refractivity contribution is -0.132. The summed E-state index contributed by atoms with van der Waals surface area (Å²) in [7, 11) is 0. The highest BCUT2D eigenvalue weighted by Crippen LogP contribution is 2.18. The fourth-order valence-corrected chi connectivity index (χ4v) is 3.34. The number of amides is 3. The van der Waals surface area contributed by atoms with Crippen molar-refractivity contribution in [3.05, 3.63) is 35.4 Å². The summed E-state index contributed by atoms with van der Waals surface area (Å²) in [5.41, 5.74) is 1.82. The van der Waals surface area contributed by atoms with Gasteiger partial charge in [-0.2, -0.15) is 0 Å². The quantitative estimate of drug-likeness (QED) is 0.714. The SMILES string of the molecule is Cc1ccc(CCC(=O)N2CCC(CNC(=O)CNC(=O)OC(C)(C)C)CC2)cc1. The Balaban J connectivity index is 1.60. The summed E-state index contributed by atoms with van der Waals surface area (Å²) in [5, 5.41) is 5.31. The van der Waals surface area contributed by atoms with Crippen LogP contribution in [0.5, 0.6) is 0 Å². The van der Waals surface area contributed by atoms with Gasteiger partial charge >= 0.3 is 6.09 Å². The van der Waals surface area contributed by atoms with Crippen LogP contribution in [0.4, 0.5) is 4.79 Å². The van der Waals surface area contributed by atoms with E-state index < -0.39 is 11.7 Å². The lowest BCUT2D eigenvalue weighted by atomic mass is 9.96. The molecule has 0 spiro atoms. The topological polar surface area (TPSA) is 87.7 Å². The van der Waals surface area contributed by atoms with Crippen molar-refractivity contribution in [2.75, 3.05) is 26.2 Å². The molecule has 166 valence electrons. The lowest BCUT2D eigenvalue weighted by Gasteiger charge is -2.32. The fraction of sp³-hybridized carbons (Fsp3) is 0.609. The molecular formula is C23H35N3O4. The number of aryl methyl sites for hydroxylation is 2. The van der Waals surface area contributed by atoms with Crippen LogP contribution in [0.1, 0.15) is 51.2 Å². The number of rotatable bonds is 7. The number of hydrogen-bond acceptors (Lipinski definition) is 4. The van der Waals surface area contributed by atoms with E-state index in [4.69, 9.17) is 4.74 Å². The Morgan fingerprint density at radius 2 is 1.70 bits per heavy atom. The number of carbonyl (C=O) groups is 3. The molecule has 1 aromatic carbocycles. The molecule has 0 unspecified atom stereocenters. The molecule has 1 fully saturated rings.